The molecule has 3 rings (SSSR count). The maximum absolute atomic E-state index is 11.1. The van der Waals surface area contributed by atoms with Crippen LogP contribution in [0.1, 0.15) is 31.4 Å². The Bertz CT molecular complexity index is 1020. The molecular weight excluding hydrogens is 342 g/mol. The highest BCUT2D eigenvalue weighted by atomic mass is 35.5. The van der Waals surface area contributed by atoms with Gasteiger partial charge < -0.3 is 10.8 Å². The van der Waals surface area contributed by atoms with Gasteiger partial charge in [-0.2, -0.15) is 0 Å². The van der Waals surface area contributed by atoms with Crippen LogP contribution in [0.5, 0.6) is 0 Å². The van der Waals surface area contributed by atoms with Crippen LogP contribution in [0.3, 0.4) is 0 Å². The Labute approximate surface area is 149 Å². The van der Waals surface area contributed by atoms with Crippen LogP contribution in [-0.2, 0) is 10.3 Å². The number of thiophene rings is 1. The zero-order valence-corrected chi connectivity index (χ0v) is 14.9. The zero-order chi connectivity index (χ0) is 17.5. The molecule has 0 unspecified atom stereocenters. The summed E-state index contributed by atoms with van der Waals surface area (Å²) in [4.78, 5) is 11.1. The fraction of sp³-hybridized carbons (Fsp3) is 0.211. The van der Waals surface area contributed by atoms with Crippen molar-refractivity contribution in [2.24, 2.45) is 5.73 Å². The standard InChI is InChI=1S/C19H16ClNO2S/c1-3-4-11-5-6-16-12(7-11)13-8-14(15(20)9-17(13)24-16)19(2,21)10-18(22)23/h5-9H,10,21H2,1-2H3,(H,22,23)/t19-/m0/s1. The van der Waals surface area contributed by atoms with Crippen LogP contribution in [0.2, 0.25) is 5.02 Å². The molecule has 3 N–H and O–H groups in total. The molecule has 0 bridgehead atoms. The van der Waals surface area contributed by atoms with E-state index in [1.165, 1.54) is 0 Å². The second kappa shape index (κ2) is 6.10. The molecule has 1 heterocycles. The molecule has 122 valence electrons. The van der Waals surface area contributed by atoms with Crippen LogP contribution in [0.25, 0.3) is 20.2 Å². The van der Waals surface area contributed by atoms with E-state index in [4.69, 9.17) is 22.4 Å². The van der Waals surface area contributed by atoms with Crippen molar-refractivity contribution < 1.29 is 9.90 Å². The fourth-order valence-electron chi connectivity index (χ4n) is 2.87. The molecule has 3 nitrogen and oxygen atoms in total. The maximum atomic E-state index is 11.1. The number of nitrogens with two attached hydrogens (primary N) is 1. The van der Waals surface area contributed by atoms with E-state index in [0.717, 1.165) is 25.7 Å². The quantitative estimate of drug-likeness (QED) is 0.666. The molecule has 24 heavy (non-hydrogen) atoms. The second-order valence-corrected chi connectivity index (χ2v) is 7.50. The van der Waals surface area contributed by atoms with Crippen LogP contribution in [0.15, 0.2) is 30.3 Å². The van der Waals surface area contributed by atoms with Gasteiger partial charge in [-0.05, 0) is 49.7 Å². The van der Waals surface area contributed by atoms with Gasteiger partial charge in [-0.15, -0.1) is 17.3 Å². The molecule has 0 aliphatic carbocycles. The Morgan fingerprint density at radius 1 is 1.29 bits per heavy atom. The summed E-state index contributed by atoms with van der Waals surface area (Å²) >= 11 is 8.04. The number of hydrogen-bond donors (Lipinski definition) is 2. The highest BCUT2D eigenvalue weighted by molar-refractivity contribution is 7.25. The van der Waals surface area contributed by atoms with Crippen LogP contribution in [0.4, 0.5) is 0 Å². The molecule has 0 radical (unpaired) electrons. The molecule has 2 aromatic carbocycles. The highest BCUT2D eigenvalue weighted by Crippen LogP contribution is 2.40. The van der Waals surface area contributed by atoms with Gasteiger partial charge in [-0.3, -0.25) is 4.79 Å². The summed E-state index contributed by atoms with van der Waals surface area (Å²) < 4.78 is 2.18. The summed E-state index contributed by atoms with van der Waals surface area (Å²) in [6.07, 6.45) is -0.188. The first-order valence-corrected chi connectivity index (χ1v) is 8.61. The summed E-state index contributed by atoms with van der Waals surface area (Å²) in [6, 6.07) is 9.88. The topological polar surface area (TPSA) is 63.3 Å². The smallest absolute Gasteiger partial charge is 0.305 e. The Morgan fingerprint density at radius 2 is 2.00 bits per heavy atom. The van der Waals surface area contributed by atoms with E-state index in [0.29, 0.717) is 10.6 Å². The number of carbonyl (C=O) groups is 1. The molecule has 1 aromatic heterocycles. The monoisotopic (exact) mass is 357 g/mol. The third-order valence-electron chi connectivity index (χ3n) is 3.96. The molecule has 3 aromatic rings. The zero-order valence-electron chi connectivity index (χ0n) is 13.3. The average Bonchev–Trinajstić information content (AvgIpc) is 2.82. The molecule has 0 aliphatic rings. The van der Waals surface area contributed by atoms with Gasteiger partial charge >= 0.3 is 5.97 Å². The molecular formula is C19H16ClNO2S. The van der Waals surface area contributed by atoms with E-state index in [-0.39, 0.29) is 6.42 Å². The molecule has 0 saturated carbocycles. The number of halogens is 1. The lowest BCUT2D eigenvalue weighted by atomic mass is 9.88. The van der Waals surface area contributed by atoms with Crippen LogP contribution in [-0.4, -0.2) is 11.1 Å². The summed E-state index contributed by atoms with van der Waals surface area (Å²) in [5, 5.41) is 11.7. The largest absolute Gasteiger partial charge is 0.481 e. The van der Waals surface area contributed by atoms with Gasteiger partial charge in [0, 0.05) is 30.8 Å². The number of aliphatic carboxylic acids is 1. The Hall–Kier alpha value is -2.06. The first-order valence-electron chi connectivity index (χ1n) is 7.41. The number of rotatable bonds is 3. The van der Waals surface area contributed by atoms with Crippen molar-refractivity contribution in [2.75, 3.05) is 0 Å². The van der Waals surface area contributed by atoms with E-state index in [1.807, 2.05) is 30.3 Å². The minimum atomic E-state index is -1.04. The molecule has 5 heteroatoms. The van der Waals surface area contributed by atoms with Crippen molar-refractivity contribution in [3.63, 3.8) is 0 Å². The van der Waals surface area contributed by atoms with Crippen LogP contribution >= 0.6 is 22.9 Å². The van der Waals surface area contributed by atoms with E-state index >= 15 is 0 Å². The molecule has 1 atom stereocenters. The van der Waals surface area contributed by atoms with Crippen molar-refractivity contribution in [2.45, 2.75) is 25.8 Å². The number of carboxylic acid groups (broad SMARTS) is 1. The van der Waals surface area contributed by atoms with Crippen molar-refractivity contribution in [3.05, 3.63) is 46.5 Å². The van der Waals surface area contributed by atoms with Gasteiger partial charge in [0.05, 0.1) is 12.0 Å². The minimum Gasteiger partial charge on any atom is -0.481 e. The van der Waals surface area contributed by atoms with E-state index in [2.05, 4.69) is 11.8 Å². The van der Waals surface area contributed by atoms with Crippen molar-refractivity contribution in [1.82, 2.24) is 0 Å². The Kier molecular flexibility index (Phi) is 4.27. The third-order valence-corrected chi connectivity index (χ3v) is 5.41. The first kappa shape index (κ1) is 16.8. The first-order chi connectivity index (χ1) is 11.3. The maximum Gasteiger partial charge on any atom is 0.305 e. The lowest BCUT2D eigenvalue weighted by molar-refractivity contribution is -0.138. The van der Waals surface area contributed by atoms with Crippen LogP contribution < -0.4 is 5.73 Å². The summed E-state index contributed by atoms with van der Waals surface area (Å²) in [5.41, 5.74) is 6.79. The van der Waals surface area contributed by atoms with E-state index in [1.54, 1.807) is 25.2 Å². The Balaban J connectivity index is 2.27. The van der Waals surface area contributed by atoms with Crippen molar-refractivity contribution in [1.29, 1.82) is 0 Å². The summed E-state index contributed by atoms with van der Waals surface area (Å²) in [6.45, 7) is 3.50. The second-order valence-electron chi connectivity index (χ2n) is 6.00. The number of fused-ring (bicyclic) bond motifs is 3. The Morgan fingerprint density at radius 3 is 2.67 bits per heavy atom. The fourth-order valence-corrected chi connectivity index (χ4v) is 4.42. The van der Waals surface area contributed by atoms with Crippen LogP contribution in [0, 0.1) is 11.8 Å². The molecule has 0 spiro atoms. The summed E-state index contributed by atoms with van der Waals surface area (Å²) in [7, 11) is 0. The van der Waals surface area contributed by atoms with Crippen molar-refractivity contribution >= 4 is 49.1 Å². The number of benzene rings is 2. The van der Waals surface area contributed by atoms with Gasteiger partial charge in [0.1, 0.15) is 0 Å². The predicted molar refractivity (Wildman–Crippen MR) is 101 cm³/mol. The molecule has 0 amide bonds. The van der Waals surface area contributed by atoms with Gasteiger partial charge in [0.2, 0.25) is 0 Å². The third kappa shape index (κ3) is 2.99. The van der Waals surface area contributed by atoms with E-state index < -0.39 is 11.5 Å². The van der Waals surface area contributed by atoms with Gasteiger partial charge in [-0.25, -0.2) is 0 Å². The van der Waals surface area contributed by atoms with E-state index in [9.17, 15) is 4.79 Å². The summed E-state index contributed by atoms with van der Waals surface area (Å²) in [5.74, 6) is 5.01. The number of carboxylic acids is 1. The SMILES string of the molecule is CC#Cc1ccc2sc3cc(Cl)c([C@@](C)(N)CC(=O)O)cc3c2c1. The normalized spacial score (nSPS) is 13.5. The number of hydrogen-bond acceptors (Lipinski definition) is 3. The molecule has 0 saturated heterocycles. The lowest BCUT2D eigenvalue weighted by Crippen LogP contribution is -2.35. The van der Waals surface area contributed by atoms with Gasteiger partial charge in [0.15, 0.2) is 0 Å². The average molecular weight is 358 g/mol. The van der Waals surface area contributed by atoms with Gasteiger partial charge in [0.25, 0.3) is 0 Å². The molecule has 0 fully saturated rings. The highest BCUT2D eigenvalue weighted by Gasteiger charge is 2.28. The lowest BCUT2D eigenvalue weighted by Gasteiger charge is -2.24. The predicted octanol–water partition coefficient (Wildman–Crippen LogP) is 4.73. The minimum absolute atomic E-state index is 0.188. The van der Waals surface area contributed by atoms with Gasteiger partial charge in [-0.1, -0.05) is 17.5 Å². The molecule has 0 aliphatic heterocycles. The van der Waals surface area contributed by atoms with Crippen molar-refractivity contribution in [3.8, 4) is 11.8 Å².